The Kier molecular flexibility index (Phi) is 5.29. The van der Waals surface area contributed by atoms with E-state index < -0.39 is 12.3 Å². The number of carbonyl (C=O) groups is 1. The zero-order valence-corrected chi connectivity index (χ0v) is 15.1. The summed E-state index contributed by atoms with van der Waals surface area (Å²) in [4.78, 5) is 18.9. The highest BCUT2D eigenvalue weighted by Crippen LogP contribution is 2.34. The van der Waals surface area contributed by atoms with Crippen molar-refractivity contribution in [3.8, 4) is 11.5 Å². The number of anilines is 1. The molecular weight excluding hydrogens is 334 g/mol. The van der Waals surface area contributed by atoms with Crippen LogP contribution in [-0.2, 0) is 22.7 Å². The van der Waals surface area contributed by atoms with Gasteiger partial charge in [0.1, 0.15) is 11.5 Å². The van der Waals surface area contributed by atoms with Crippen LogP contribution in [0.1, 0.15) is 18.1 Å². The second kappa shape index (κ2) is 7.63. The molecule has 0 radical (unpaired) electrons. The Labute approximate surface area is 152 Å². The largest absolute Gasteiger partial charge is 0.496 e. The molecule has 0 saturated heterocycles. The van der Waals surface area contributed by atoms with Gasteiger partial charge in [-0.05, 0) is 23.8 Å². The van der Waals surface area contributed by atoms with Crippen LogP contribution >= 0.6 is 0 Å². The molecule has 2 aromatic carbocycles. The number of rotatable bonds is 5. The van der Waals surface area contributed by atoms with Crippen molar-refractivity contribution in [2.45, 2.75) is 26.3 Å². The van der Waals surface area contributed by atoms with E-state index >= 15 is 0 Å². The van der Waals surface area contributed by atoms with Crippen molar-refractivity contribution in [3.63, 3.8) is 0 Å². The summed E-state index contributed by atoms with van der Waals surface area (Å²) < 4.78 is 11.0. The fraction of sp³-hybridized carbons (Fsp3) is 0.316. The molecule has 1 aliphatic heterocycles. The number of fused-ring (bicyclic) bond motifs is 1. The van der Waals surface area contributed by atoms with Crippen LogP contribution in [-0.4, -0.2) is 31.4 Å². The Morgan fingerprint density at radius 2 is 1.77 bits per heavy atom. The molecule has 0 bridgehead atoms. The van der Waals surface area contributed by atoms with E-state index in [1.165, 1.54) is 12.0 Å². The van der Waals surface area contributed by atoms with Gasteiger partial charge >= 0.3 is 5.97 Å². The number of benzene rings is 2. The number of para-hydroxylation sites is 1. The van der Waals surface area contributed by atoms with Gasteiger partial charge in [-0.1, -0.05) is 24.3 Å². The van der Waals surface area contributed by atoms with Crippen molar-refractivity contribution in [2.75, 3.05) is 19.3 Å². The second-order valence-electron chi connectivity index (χ2n) is 6.00. The van der Waals surface area contributed by atoms with Gasteiger partial charge in [0, 0.05) is 20.0 Å². The van der Waals surface area contributed by atoms with Crippen LogP contribution in [0.4, 0.5) is 5.69 Å². The highest BCUT2D eigenvalue weighted by molar-refractivity contribution is 5.68. The maximum absolute atomic E-state index is 11.6. The van der Waals surface area contributed by atoms with Crippen LogP contribution in [0.2, 0.25) is 0 Å². The number of carbonyl (C=O) groups excluding carboxylic acids is 1. The van der Waals surface area contributed by atoms with Crippen molar-refractivity contribution in [1.29, 1.82) is 0 Å². The highest BCUT2D eigenvalue weighted by Gasteiger charge is 2.33. The van der Waals surface area contributed by atoms with E-state index in [2.05, 4.69) is 0 Å². The van der Waals surface area contributed by atoms with Crippen LogP contribution < -0.4 is 20.3 Å². The van der Waals surface area contributed by atoms with Gasteiger partial charge in [0.25, 0.3) is 0 Å². The van der Waals surface area contributed by atoms with Crippen molar-refractivity contribution < 1.29 is 19.1 Å². The summed E-state index contributed by atoms with van der Waals surface area (Å²) in [6.45, 7) is 2.44. The molecule has 0 aliphatic carbocycles. The predicted molar refractivity (Wildman–Crippen MR) is 97.5 cm³/mol. The fourth-order valence-corrected chi connectivity index (χ4v) is 3.14. The molecule has 2 N–H and O–H groups in total. The smallest absolute Gasteiger partial charge is 0.329 e. The maximum Gasteiger partial charge on any atom is 0.329 e. The van der Waals surface area contributed by atoms with Gasteiger partial charge in [-0.15, -0.1) is 0 Å². The van der Waals surface area contributed by atoms with Crippen LogP contribution in [0.3, 0.4) is 0 Å². The number of ether oxygens (including phenoxy) is 2. The number of hydrogen-bond donors (Lipinski definition) is 1. The Morgan fingerprint density at radius 1 is 1.12 bits per heavy atom. The number of hydrogen-bond acceptors (Lipinski definition) is 7. The van der Waals surface area contributed by atoms with Crippen molar-refractivity contribution >= 4 is 11.7 Å². The van der Waals surface area contributed by atoms with E-state index in [1.54, 1.807) is 14.2 Å². The highest BCUT2D eigenvalue weighted by atomic mass is 16.7. The van der Waals surface area contributed by atoms with Crippen molar-refractivity contribution in [2.24, 2.45) is 5.73 Å². The van der Waals surface area contributed by atoms with E-state index in [1.807, 2.05) is 47.4 Å². The number of nitrogens with zero attached hydrogens (tertiary/aromatic N) is 2. The molecule has 7 nitrogen and oxygen atoms in total. The standard InChI is InChI=1S/C19H23N3O4/c1-13(23)26-22-16-8-5-4-7-14(16)11-21(19(22)20)12-15-17(24-2)9-6-10-18(15)25-3/h4-10,19H,11-12,20H2,1-3H3. The van der Waals surface area contributed by atoms with Crippen LogP contribution in [0.15, 0.2) is 42.5 Å². The molecule has 0 spiro atoms. The minimum atomic E-state index is -0.636. The summed E-state index contributed by atoms with van der Waals surface area (Å²) in [6.07, 6.45) is -0.636. The third-order valence-corrected chi connectivity index (χ3v) is 4.33. The summed E-state index contributed by atoms with van der Waals surface area (Å²) in [6, 6.07) is 13.3. The zero-order valence-electron chi connectivity index (χ0n) is 15.1. The third kappa shape index (κ3) is 3.44. The minimum absolute atomic E-state index is 0.424. The Hall–Kier alpha value is -2.77. The Bertz CT molecular complexity index is 774. The lowest BCUT2D eigenvalue weighted by Gasteiger charge is -2.41. The number of nitrogens with two attached hydrogens (primary N) is 1. The van der Waals surface area contributed by atoms with E-state index in [4.69, 9.17) is 20.0 Å². The fourth-order valence-electron chi connectivity index (χ4n) is 3.14. The zero-order chi connectivity index (χ0) is 18.7. The van der Waals surface area contributed by atoms with Crippen molar-refractivity contribution in [1.82, 2.24) is 4.90 Å². The summed E-state index contributed by atoms with van der Waals surface area (Å²) >= 11 is 0. The minimum Gasteiger partial charge on any atom is -0.496 e. The lowest BCUT2D eigenvalue weighted by molar-refractivity contribution is -0.145. The van der Waals surface area contributed by atoms with Gasteiger partial charge in [-0.3, -0.25) is 15.4 Å². The van der Waals surface area contributed by atoms with E-state index in [9.17, 15) is 4.79 Å². The van der Waals surface area contributed by atoms with Crippen molar-refractivity contribution in [3.05, 3.63) is 53.6 Å². The second-order valence-corrected chi connectivity index (χ2v) is 6.00. The van der Waals surface area contributed by atoms with Crippen LogP contribution in [0, 0.1) is 0 Å². The molecule has 2 aromatic rings. The molecule has 7 heteroatoms. The first-order valence-electron chi connectivity index (χ1n) is 8.30. The molecule has 0 amide bonds. The maximum atomic E-state index is 11.6. The van der Waals surface area contributed by atoms with Gasteiger partial charge in [-0.2, -0.15) is 5.06 Å². The molecule has 1 atom stereocenters. The molecule has 1 unspecified atom stereocenters. The Balaban J connectivity index is 1.96. The molecule has 1 aliphatic rings. The lowest BCUT2D eigenvalue weighted by atomic mass is 10.1. The van der Waals surface area contributed by atoms with Gasteiger partial charge in [0.2, 0.25) is 0 Å². The summed E-state index contributed by atoms with van der Waals surface area (Å²) in [5.41, 5.74) is 9.10. The van der Waals surface area contributed by atoms with E-state index in [0.29, 0.717) is 13.1 Å². The monoisotopic (exact) mass is 357 g/mol. The average Bonchev–Trinajstić information content (AvgIpc) is 2.64. The van der Waals surface area contributed by atoms with E-state index in [0.717, 1.165) is 28.3 Å². The lowest BCUT2D eigenvalue weighted by Crippen LogP contribution is -2.57. The average molecular weight is 357 g/mol. The summed E-state index contributed by atoms with van der Waals surface area (Å²) in [5.74, 6) is 1.01. The number of methoxy groups -OCH3 is 2. The predicted octanol–water partition coefficient (Wildman–Crippen LogP) is 2.25. The Morgan fingerprint density at radius 3 is 2.38 bits per heavy atom. The molecule has 0 fully saturated rings. The van der Waals surface area contributed by atoms with Gasteiger partial charge in [-0.25, -0.2) is 0 Å². The molecule has 0 aromatic heterocycles. The molecule has 0 saturated carbocycles. The normalized spacial score (nSPS) is 16.8. The quantitative estimate of drug-likeness (QED) is 0.879. The van der Waals surface area contributed by atoms with Gasteiger partial charge in [0.05, 0.1) is 25.5 Å². The van der Waals surface area contributed by atoms with Gasteiger partial charge < -0.3 is 14.3 Å². The summed E-state index contributed by atoms with van der Waals surface area (Å²) in [5, 5.41) is 1.45. The third-order valence-electron chi connectivity index (χ3n) is 4.33. The molecule has 3 rings (SSSR count). The topological polar surface area (TPSA) is 77.3 Å². The van der Waals surface area contributed by atoms with E-state index in [-0.39, 0.29) is 0 Å². The first-order chi connectivity index (χ1) is 12.5. The summed E-state index contributed by atoms with van der Waals surface area (Å²) in [7, 11) is 3.24. The molecule has 138 valence electrons. The van der Waals surface area contributed by atoms with Crippen LogP contribution in [0.5, 0.6) is 11.5 Å². The first kappa shape index (κ1) is 18.0. The number of hydroxylamine groups is 1. The molecule has 26 heavy (non-hydrogen) atoms. The molecule has 1 heterocycles. The van der Waals surface area contributed by atoms with Crippen LogP contribution in [0.25, 0.3) is 0 Å². The SMILES string of the molecule is COc1cccc(OC)c1CN1Cc2ccccc2N(OC(C)=O)C1N. The first-order valence-corrected chi connectivity index (χ1v) is 8.30. The molecular formula is C19H23N3O4. The van der Waals surface area contributed by atoms with Gasteiger partial charge in [0.15, 0.2) is 6.29 Å².